The molecule has 1 fully saturated rings. The Morgan fingerprint density at radius 3 is 3.11 bits per heavy atom. The number of ether oxygens (including phenoxy) is 2. The quantitative estimate of drug-likeness (QED) is 0.740. The van der Waals surface area contributed by atoms with Crippen LogP contribution in [0.4, 0.5) is 0 Å². The topological polar surface area (TPSA) is 97.8 Å². The number of carbonyl (C=O) groups excluding carboxylic acids is 1. The first kappa shape index (κ1) is 12.9. The largest absolute Gasteiger partial charge is 0.478 e. The summed E-state index contributed by atoms with van der Waals surface area (Å²) < 4.78 is 10.1. The summed E-state index contributed by atoms with van der Waals surface area (Å²) in [5, 5.41) is 13.8. The van der Waals surface area contributed by atoms with E-state index in [1.165, 1.54) is 6.20 Å². The van der Waals surface area contributed by atoms with Crippen molar-refractivity contribution in [3.8, 4) is 0 Å². The average molecular weight is 272 g/mol. The number of nitrogens with one attached hydrogen (secondary N) is 1. The van der Waals surface area contributed by atoms with E-state index in [4.69, 9.17) is 9.47 Å². The predicted molar refractivity (Wildman–Crippen MR) is 60.9 cm³/mol. The Balaban J connectivity index is 2.21. The van der Waals surface area contributed by atoms with Crippen LogP contribution in [0.3, 0.4) is 0 Å². The number of esters is 1. The van der Waals surface area contributed by atoms with Crippen molar-refractivity contribution in [2.24, 2.45) is 0 Å². The Morgan fingerprint density at radius 2 is 2.56 bits per heavy atom. The first-order valence-electron chi connectivity index (χ1n) is 5.32. The number of aromatic nitrogens is 1. The Morgan fingerprint density at radius 1 is 1.78 bits per heavy atom. The second-order valence-corrected chi connectivity index (χ2v) is 4.48. The third-order valence-electron chi connectivity index (χ3n) is 2.45. The lowest BCUT2D eigenvalue weighted by atomic mass is 10.2. The maximum absolute atomic E-state index is 11.6. The lowest BCUT2D eigenvalue weighted by Gasteiger charge is -2.21. The molecular formula is C10H12N2O5S. The molecule has 0 aliphatic carbocycles. The van der Waals surface area contributed by atoms with Crippen molar-refractivity contribution in [1.82, 2.24) is 10.3 Å². The van der Waals surface area contributed by atoms with Gasteiger partial charge in [-0.05, 0) is 6.92 Å². The molecule has 0 bridgehead atoms. The highest BCUT2D eigenvalue weighted by Crippen LogP contribution is 2.30. The molecule has 1 saturated heterocycles. The van der Waals surface area contributed by atoms with Crippen molar-refractivity contribution in [3.05, 3.63) is 16.6 Å². The maximum atomic E-state index is 11.6. The summed E-state index contributed by atoms with van der Waals surface area (Å²) in [6.45, 7) is 1.85. The highest BCUT2D eigenvalue weighted by molar-refractivity contribution is 7.09. The fourth-order valence-electron chi connectivity index (χ4n) is 1.64. The molecule has 2 heterocycles. The summed E-state index contributed by atoms with van der Waals surface area (Å²) in [6.07, 6.45) is 1.48. The van der Waals surface area contributed by atoms with Gasteiger partial charge in [0.05, 0.1) is 13.2 Å². The van der Waals surface area contributed by atoms with Crippen LogP contribution in [0.1, 0.15) is 11.9 Å². The molecule has 7 nitrogen and oxygen atoms in total. The van der Waals surface area contributed by atoms with Gasteiger partial charge in [-0.2, -0.15) is 0 Å². The smallest absolute Gasteiger partial charge is 0.359 e. The van der Waals surface area contributed by atoms with Crippen molar-refractivity contribution < 1.29 is 24.2 Å². The zero-order chi connectivity index (χ0) is 13.2. The molecule has 0 aromatic carbocycles. The SMILES string of the molecule is CCOC(=O)C1COC(C(=O)O)(c2nccs2)N1. The van der Waals surface area contributed by atoms with Gasteiger partial charge in [0.1, 0.15) is 6.04 Å². The number of hydrogen-bond donors (Lipinski definition) is 2. The molecule has 1 aliphatic heterocycles. The van der Waals surface area contributed by atoms with Gasteiger partial charge in [0.25, 0.3) is 5.72 Å². The molecule has 18 heavy (non-hydrogen) atoms. The number of hydrogen-bond acceptors (Lipinski definition) is 7. The third-order valence-corrected chi connectivity index (χ3v) is 3.32. The van der Waals surface area contributed by atoms with Gasteiger partial charge < -0.3 is 14.6 Å². The highest BCUT2D eigenvalue weighted by Gasteiger charge is 2.52. The van der Waals surface area contributed by atoms with Gasteiger partial charge >= 0.3 is 11.9 Å². The first-order chi connectivity index (χ1) is 8.60. The van der Waals surface area contributed by atoms with Crippen LogP contribution < -0.4 is 5.32 Å². The molecule has 1 aliphatic rings. The number of carbonyl (C=O) groups is 2. The standard InChI is InChI=1S/C10H12N2O5S/c1-2-16-7(13)6-5-17-10(12-6,9(14)15)8-11-3-4-18-8/h3-4,6,12H,2,5H2,1H3,(H,14,15). The summed E-state index contributed by atoms with van der Waals surface area (Å²) in [5.41, 5.74) is -1.76. The number of nitrogens with zero attached hydrogens (tertiary/aromatic N) is 1. The van der Waals surface area contributed by atoms with Crippen LogP contribution >= 0.6 is 11.3 Å². The average Bonchev–Trinajstić information content (AvgIpc) is 2.99. The molecule has 0 amide bonds. The van der Waals surface area contributed by atoms with Crippen molar-refractivity contribution in [3.63, 3.8) is 0 Å². The normalized spacial score (nSPS) is 27.1. The zero-order valence-corrected chi connectivity index (χ0v) is 10.4. The molecule has 0 saturated carbocycles. The fraction of sp³-hybridized carbons (Fsp3) is 0.500. The number of carboxylic acids is 1. The summed E-state index contributed by atoms with van der Waals surface area (Å²) in [5.74, 6) is -1.76. The van der Waals surface area contributed by atoms with E-state index in [2.05, 4.69) is 10.3 Å². The molecular weight excluding hydrogens is 260 g/mol. The van der Waals surface area contributed by atoms with Gasteiger partial charge in [-0.1, -0.05) is 0 Å². The molecule has 2 N–H and O–H groups in total. The highest BCUT2D eigenvalue weighted by atomic mass is 32.1. The van der Waals surface area contributed by atoms with E-state index >= 15 is 0 Å². The lowest BCUT2D eigenvalue weighted by molar-refractivity contribution is -0.164. The van der Waals surface area contributed by atoms with E-state index in [-0.39, 0.29) is 18.2 Å². The lowest BCUT2D eigenvalue weighted by Crippen LogP contribution is -2.50. The third kappa shape index (κ3) is 2.09. The van der Waals surface area contributed by atoms with Gasteiger partial charge in [-0.25, -0.2) is 9.78 Å². The molecule has 0 radical (unpaired) electrons. The summed E-state index contributed by atoms with van der Waals surface area (Å²) in [4.78, 5) is 26.9. The molecule has 2 unspecified atom stereocenters. The zero-order valence-electron chi connectivity index (χ0n) is 9.58. The second-order valence-electron chi connectivity index (χ2n) is 3.58. The van der Waals surface area contributed by atoms with Crippen LogP contribution in [-0.4, -0.2) is 41.3 Å². The van der Waals surface area contributed by atoms with E-state index in [0.717, 1.165) is 11.3 Å². The van der Waals surface area contributed by atoms with Gasteiger partial charge in [-0.15, -0.1) is 11.3 Å². The van der Waals surface area contributed by atoms with Gasteiger partial charge in [-0.3, -0.25) is 10.1 Å². The summed E-state index contributed by atoms with van der Waals surface area (Å²) in [6, 6.07) is -0.801. The van der Waals surface area contributed by atoms with E-state index in [1.54, 1.807) is 12.3 Å². The van der Waals surface area contributed by atoms with Crippen LogP contribution in [0.15, 0.2) is 11.6 Å². The van der Waals surface area contributed by atoms with Crippen LogP contribution in [0, 0.1) is 0 Å². The van der Waals surface area contributed by atoms with Crippen molar-refractivity contribution >= 4 is 23.3 Å². The van der Waals surface area contributed by atoms with Gasteiger partial charge in [0.15, 0.2) is 5.01 Å². The summed E-state index contributed by atoms with van der Waals surface area (Å²) in [7, 11) is 0. The van der Waals surface area contributed by atoms with Crippen LogP contribution in [0.5, 0.6) is 0 Å². The predicted octanol–water partition coefficient (Wildman–Crippen LogP) is -0.0680. The minimum absolute atomic E-state index is 0.0648. The Labute approximate surface area is 107 Å². The van der Waals surface area contributed by atoms with Gasteiger partial charge in [0, 0.05) is 11.6 Å². The molecule has 98 valence electrons. The minimum atomic E-state index is -1.76. The van der Waals surface area contributed by atoms with E-state index in [0.29, 0.717) is 0 Å². The Bertz CT molecular complexity index is 449. The van der Waals surface area contributed by atoms with E-state index < -0.39 is 23.7 Å². The number of carboxylic acid groups (broad SMARTS) is 1. The monoisotopic (exact) mass is 272 g/mol. The van der Waals surface area contributed by atoms with E-state index in [9.17, 15) is 14.7 Å². The first-order valence-corrected chi connectivity index (χ1v) is 6.19. The van der Waals surface area contributed by atoms with Crippen molar-refractivity contribution in [2.75, 3.05) is 13.2 Å². The maximum Gasteiger partial charge on any atom is 0.359 e. The van der Waals surface area contributed by atoms with Crippen LogP contribution in [-0.2, 0) is 24.8 Å². The molecule has 1 aromatic rings. The Hall–Kier alpha value is -1.51. The number of aliphatic carboxylic acids is 1. The number of rotatable bonds is 4. The van der Waals surface area contributed by atoms with Gasteiger partial charge in [0.2, 0.25) is 0 Å². The van der Waals surface area contributed by atoms with Crippen LogP contribution in [0.2, 0.25) is 0 Å². The van der Waals surface area contributed by atoms with E-state index in [1.807, 2.05) is 0 Å². The molecule has 0 spiro atoms. The molecule has 1 aromatic heterocycles. The molecule has 2 rings (SSSR count). The van der Waals surface area contributed by atoms with Crippen LogP contribution in [0.25, 0.3) is 0 Å². The summed E-state index contributed by atoms with van der Waals surface area (Å²) >= 11 is 1.14. The second kappa shape index (κ2) is 5.01. The number of thiazole rings is 1. The minimum Gasteiger partial charge on any atom is -0.478 e. The Kier molecular flexibility index (Phi) is 3.60. The fourth-order valence-corrected chi connectivity index (χ4v) is 2.39. The van der Waals surface area contributed by atoms with Crippen molar-refractivity contribution in [1.29, 1.82) is 0 Å². The van der Waals surface area contributed by atoms with Crippen molar-refractivity contribution in [2.45, 2.75) is 18.7 Å². The molecule has 8 heteroatoms. The molecule has 2 atom stereocenters.